The van der Waals surface area contributed by atoms with Gasteiger partial charge in [-0.15, -0.1) is 0 Å². The fourth-order valence-electron chi connectivity index (χ4n) is 3.37. The number of benzene rings is 2. The number of oxazole rings is 1. The van der Waals surface area contributed by atoms with Crippen LogP contribution < -0.4 is 11.1 Å². The van der Waals surface area contributed by atoms with E-state index in [0.717, 1.165) is 15.6 Å². The monoisotopic (exact) mass is 445 g/mol. The van der Waals surface area contributed by atoms with Crippen LogP contribution in [0.5, 0.6) is 0 Å². The largest absolute Gasteiger partial charge is 0.420 e. The molecule has 146 valence electrons. The van der Waals surface area contributed by atoms with Crippen molar-refractivity contribution in [2.24, 2.45) is 0 Å². The zero-order valence-corrected chi connectivity index (χ0v) is 16.7. The molecule has 1 saturated heterocycles. The van der Waals surface area contributed by atoms with E-state index in [1.54, 1.807) is 11.0 Å². The molecule has 0 saturated carbocycles. The number of carbonyl (C=O) groups excluding carboxylic acids is 1. The van der Waals surface area contributed by atoms with Crippen molar-refractivity contribution >= 4 is 33.1 Å². The minimum atomic E-state index is -0.421. The maximum Gasteiger partial charge on any atom is 0.420 e. The van der Waals surface area contributed by atoms with Crippen molar-refractivity contribution in [2.75, 3.05) is 26.2 Å². The summed E-state index contributed by atoms with van der Waals surface area (Å²) in [5, 5.41) is 2.89. The fraction of sp³-hybridized carbons (Fsp3) is 0.300. The number of ether oxygens (including phenoxy) is 1. The summed E-state index contributed by atoms with van der Waals surface area (Å²) in [4.78, 5) is 26.3. The van der Waals surface area contributed by atoms with Gasteiger partial charge < -0.3 is 19.4 Å². The first-order chi connectivity index (χ1) is 13.6. The molecule has 7 nitrogen and oxygen atoms in total. The van der Waals surface area contributed by atoms with Crippen LogP contribution in [0.4, 0.5) is 4.79 Å². The maximum absolute atomic E-state index is 12.6. The standard InChI is InChI=1S/C20H20BrN3O4/c21-15-6-2-1-5-14(15)18-13-23(11-12-27-18)19(25)22-9-10-24-16-7-3-4-8-17(16)28-20(24)26/h1-8,18H,9-13H2,(H,22,25)/t18-/m1/s1. The van der Waals surface area contributed by atoms with E-state index in [1.165, 1.54) is 4.57 Å². The first-order valence-electron chi connectivity index (χ1n) is 9.10. The number of para-hydroxylation sites is 2. The normalized spacial score (nSPS) is 17.0. The number of carbonyl (C=O) groups is 1. The number of aromatic nitrogens is 1. The minimum absolute atomic E-state index is 0.166. The fourth-order valence-corrected chi connectivity index (χ4v) is 3.91. The molecule has 2 heterocycles. The Hall–Kier alpha value is -2.58. The second-order valence-corrected chi connectivity index (χ2v) is 7.40. The molecule has 1 atom stereocenters. The number of rotatable bonds is 4. The van der Waals surface area contributed by atoms with Gasteiger partial charge in [0.2, 0.25) is 0 Å². The summed E-state index contributed by atoms with van der Waals surface area (Å²) < 4.78 is 13.5. The number of morpholine rings is 1. The molecule has 28 heavy (non-hydrogen) atoms. The van der Waals surface area contributed by atoms with Crippen LogP contribution in [0.1, 0.15) is 11.7 Å². The van der Waals surface area contributed by atoms with Crippen molar-refractivity contribution in [1.82, 2.24) is 14.8 Å². The van der Waals surface area contributed by atoms with Crippen LogP contribution in [-0.4, -0.2) is 41.7 Å². The van der Waals surface area contributed by atoms with Gasteiger partial charge in [0.05, 0.1) is 18.7 Å². The zero-order valence-electron chi connectivity index (χ0n) is 15.1. The van der Waals surface area contributed by atoms with Crippen molar-refractivity contribution in [1.29, 1.82) is 0 Å². The number of nitrogens with one attached hydrogen (secondary N) is 1. The minimum Gasteiger partial charge on any atom is -0.408 e. The highest BCUT2D eigenvalue weighted by Gasteiger charge is 2.26. The number of amides is 2. The van der Waals surface area contributed by atoms with Crippen molar-refractivity contribution in [3.8, 4) is 0 Å². The van der Waals surface area contributed by atoms with Gasteiger partial charge in [0, 0.05) is 24.1 Å². The van der Waals surface area contributed by atoms with E-state index in [4.69, 9.17) is 9.15 Å². The second-order valence-electron chi connectivity index (χ2n) is 6.55. The van der Waals surface area contributed by atoms with Crippen molar-refractivity contribution in [2.45, 2.75) is 12.6 Å². The molecule has 0 bridgehead atoms. The van der Waals surface area contributed by atoms with Gasteiger partial charge >= 0.3 is 11.8 Å². The van der Waals surface area contributed by atoms with Gasteiger partial charge in [-0.1, -0.05) is 46.3 Å². The van der Waals surface area contributed by atoms with Gasteiger partial charge in [-0.05, 0) is 23.8 Å². The second kappa shape index (κ2) is 8.20. The topological polar surface area (TPSA) is 76.7 Å². The van der Waals surface area contributed by atoms with Crippen molar-refractivity contribution in [3.63, 3.8) is 0 Å². The molecular weight excluding hydrogens is 426 g/mol. The molecule has 8 heteroatoms. The smallest absolute Gasteiger partial charge is 0.408 e. The number of urea groups is 1. The molecule has 2 amide bonds. The Labute approximate surface area is 170 Å². The Balaban J connectivity index is 1.36. The highest BCUT2D eigenvalue weighted by molar-refractivity contribution is 9.10. The molecule has 1 fully saturated rings. The summed E-state index contributed by atoms with van der Waals surface area (Å²) in [6.07, 6.45) is -0.171. The summed E-state index contributed by atoms with van der Waals surface area (Å²) in [6.45, 7) is 2.16. The molecule has 4 rings (SSSR count). The molecular formula is C20H20BrN3O4. The first-order valence-corrected chi connectivity index (χ1v) is 9.90. The van der Waals surface area contributed by atoms with Crippen LogP contribution in [0.25, 0.3) is 11.1 Å². The molecule has 3 aromatic rings. The summed E-state index contributed by atoms with van der Waals surface area (Å²) in [6, 6.07) is 14.9. The van der Waals surface area contributed by atoms with Gasteiger partial charge in [-0.25, -0.2) is 9.59 Å². The molecule has 1 aromatic heterocycles. The van der Waals surface area contributed by atoms with E-state index in [1.807, 2.05) is 42.5 Å². The number of hydrogen-bond acceptors (Lipinski definition) is 4. The average molecular weight is 446 g/mol. The van der Waals surface area contributed by atoms with Gasteiger partial charge in [0.25, 0.3) is 0 Å². The van der Waals surface area contributed by atoms with Crippen LogP contribution in [0.3, 0.4) is 0 Å². The Morgan fingerprint density at radius 3 is 2.82 bits per heavy atom. The average Bonchev–Trinajstić information content (AvgIpc) is 3.04. The van der Waals surface area contributed by atoms with E-state index in [9.17, 15) is 9.59 Å². The van der Waals surface area contributed by atoms with Crippen molar-refractivity contribution in [3.05, 3.63) is 69.1 Å². The van der Waals surface area contributed by atoms with E-state index < -0.39 is 5.76 Å². The van der Waals surface area contributed by atoms with E-state index >= 15 is 0 Å². The molecule has 0 spiro atoms. The lowest BCUT2D eigenvalue weighted by Gasteiger charge is -2.33. The Morgan fingerprint density at radius 2 is 1.96 bits per heavy atom. The van der Waals surface area contributed by atoms with Crippen LogP contribution in [0.15, 0.2) is 62.2 Å². The quantitative estimate of drug-likeness (QED) is 0.668. The number of fused-ring (bicyclic) bond motifs is 1. The van der Waals surface area contributed by atoms with Crippen LogP contribution in [0.2, 0.25) is 0 Å². The predicted molar refractivity (Wildman–Crippen MR) is 108 cm³/mol. The predicted octanol–water partition coefficient (Wildman–Crippen LogP) is 3.14. The number of hydrogen-bond donors (Lipinski definition) is 1. The lowest BCUT2D eigenvalue weighted by Crippen LogP contribution is -2.48. The third kappa shape index (κ3) is 3.83. The summed E-state index contributed by atoms with van der Waals surface area (Å²) in [5.41, 5.74) is 2.29. The first kappa shape index (κ1) is 18.8. The van der Waals surface area contributed by atoms with E-state index in [0.29, 0.717) is 38.4 Å². The number of nitrogens with zero attached hydrogens (tertiary/aromatic N) is 2. The molecule has 0 radical (unpaired) electrons. The Bertz CT molecular complexity index is 1050. The van der Waals surface area contributed by atoms with Crippen LogP contribution in [-0.2, 0) is 11.3 Å². The van der Waals surface area contributed by atoms with Gasteiger partial charge in [0.1, 0.15) is 6.10 Å². The zero-order chi connectivity index (χ0) is 19.5. The lowest BCUT2D eigenvalue weighted by atomic mass is 10.1. The lowest BCUT2D eigenvalue weighted by molar-refractivity contribution is -0.0157. The van der Waals surface area contributed by atoms with Crippen molar-refractivity contribution < 1.29 is 13.9 Å². The Kier molecular flexibility index (Phi) is 5.50. The highest BCUT2D eigenvalue weighted by atomic mass is 79.9. The SMILES string of the molecule is O=C(NCCn1c(=O)oc2ccccc21)N1CCO[C@@H](c2ccccc2Br)C1. The van der Waals surface area contributed by atoms with Crippen LogP contribution >= 0.6 is 15.9 Å². The van der Waals surface area contributed by atoms with E-state index in [-0.39, 0.29) is 12.1 Å². The number of halogens is 1. The van der Waals surface area contributed by atoms with Crippen LogP contribution in [0, 0.1) is 0 Å². The molecule has 1 aliphatic heterocycles. The van der Waals surface area contributed by atoms with Gasteiger partial charge in [-0.2, -0.15) is 0 Å². The highest BCUT2D eigenvalue weighted by Crippen LogP contribution is 2.28. The molecule has 1 aliphatic rings. The van der Waals surface area contributed by atoms with E-state index in [2.05, 4.69) is 21.2 Å². The van der Waals surface area contributed by atoms with Gasteiger partial charge in [-0.3, -0.25) is 4.57 Å². The molecule has 1 N–H and O–H groups in total. The third-order valence-electron chi connectivity index (χ3n) is 4.79. The molecule has 0 aliphatic carbocycles. The van der Waals surface area contributed by atoms with Gasteiger partial charge in [0.15, 0.2) is 5.58 Å². The summed E-state index contributed by atoms with van der Waals surface area (Å²) in [7, 11) is 0. The molecule has 0 unspecified atom stereocenters. The molecule has 2 aromatic carbocycles. The summed E-state index contributed by atoms with van der Waals surface area (Å²) >= 11 is 3.54. The maximum atomic E-state index is 12.6. The third-order valence-corrected chi connectivity index (χ3v) is 5.51. The Morgan fingerprint density at radius 1 is 1.18 bits per heavy atom. The summed E-state index contributed by atoms with van der Waals surface area (Å²) in [5.74, 6) is -0.421.